The number of fused-ring (bicyclic) bond motifs is 1. The highest BCUT2D eigenvalue weighted by molar-refractivity contribution is 5.79. The monoisotopic (exact) mass is 378 g/mol. The molecule has 1 aliphatic carbocycles. The molecule has 0 aromatic heterocycles. The van der Waals surface area contributed by atoms with Gasteiger partial charge in [-0.25, -0.2) is 4.39 Å². The Morgan fingerprint density at radius 1 is 1.37 bits per heavy atom. The maximum atomic E-state index is 14.3. The second kappa shape index (κ2) is 9.62. The van der Waals surface area contributed by atoms with Gasteiger partial charge in [0.1, 0.15) is 5.82 Å². The second-order valence-corrected chi connectivity index (χ2v) is 7.73. The lowest BCUT2D eigenvalue weighted by Gasteiger charge is -2.43. The van der Waals surface area contributed by atoms with Crippen LogP contribution in [0.1, 0.15) is 49.3 Å². The van der Waals surface area contributed by atoms with Crippen molar-refractivity contribution in [3.05, 3.63) is 35.1 Å². The van der Waals surface area contributed by atoms with Gasteiger partial charge in [-0.15, -0.1) is 0 Å². The first-order valence-electron chi connectivity index (χ1n) is 10.1. The van der Waals surface area contributed by atoms with Crippen LogP contribution in [0.4, 0.5) is 4.39 Å². The first-order valence-corrected chi connectivity index (χ1v) is 10.1. The molecule has 5 nitrogen and oxygen atoms in total. The van der Waals surface area contributed by atoms with Crippen LogP contribution in [0, 0.1) is 11.7 Å². The molecule has 1 amide bonds. The number of benzene rings is 1. The normalized spacial score (nSPS) is 21.7. The largest absolute Gasteiger partial charge is 0.389 e. The van der Waals surface area contributed by atoms with E-state index < -0.39 is 6.10 Å². The lowest BCUT2D eigenvalue weighted by atomic mass is 9.77. The minimum atomic E-state index is -0.631. The van der Waals surface area contributed by atoms with Crippen LogP contribution in [-0.2, 0) is 16.0 Å². The van der Waals surface area contributed by atoms with Crippen LogP contribution < -0.4 is 5.32 Å². The summed E-state index contributed by atoms with van der Waals surface area (Å²) in [5.74, 6) is 0.258. The van der Waals surface area contributed by atoms with Gasteiger partial charge in [0.2, 0.25) is 5.91 Å². The molecule has 1 aromatic carbocycles. The molecular formula is C21H31FN2O3. The van der Waals surface area contributed by atoms with E-state index in [0.29, 0.717) is 25.4 Å². The van der Waals surface area contributed by atoms with E-state index in [-0.39, 0.29) is 30.9 Å². The number of halogens is 1. The van der Waals surface area contributed by atoms with E-state index in [2.05, 4.69) is 5.32 Å². The number of nitrogens with one attached hydrogen (secondary N) is 1. The fourth-order valence-corrected chi connectivity index (χ4v) is 4.59. The minimum Gasteiger partial charge on any atom is -0.389 e. The van der Waals surface area contributed by atoms with E-state index in [1.165, 1.54) is 32.4 Å². The van der Waals surface area contributed by atoms with Crippen molar-refractivity contribution in [2.24, 2.45) is 5.92 Å². The van der Waals surface area contributed by atoms with Gasteiger partial charge in [-0.2, -0.15) is 0 Å². The summed E-state index contributed by atoms with van der Waals surface area (Å²) in [6, 6.07) is 5.24. The van der Waals surface area contributed by atoms with E-state index in [1.54, 1.807) is 6.07 Å². The zero-order valence-electron chi connectivity index (χ0n) is 16.1. The summed E-state index contributed by atoms with van der Waals surface area (Å²) in [5.41, 5.74) is 1.77. The maximum Gasteiger partial charge on any atom is 0.237 e. The number of ether oxygens (including phenoxy) is 1. The molecular weight excluding hydrogens is 347 g/mol. The van der Waals surface area contributed by atoms with Gasteiger partial charge in [-0.3, -0.25) is 4.79 Å². The Morgan fingerprint density at radius 2 is 2.15 bits per heavy atom. The first-order chi connectivity index (χ1) is 13.1. The summed E-state index contributed by atoms with van der Waals surface area (Å²) >= 11 is 0. The number of hydrogen-bond donors (Lipinski definition) is 2. The van der Waals surface area contributed by atoms with Crippen LogP contribution in [-0.4, -0.2) is 55.4 Å². The lowest BCUT2D eigenvalue weighted by Crippen LogP contribution is -2.48. The molecule has 1 aliphatic heterocycles. The SMILES string of the molecule is COCC(O)CNCC(=O)N1CCc2c(F)cccc2C1C1CCCCC1. The summed E-state index contributed by atoms with van der Waals surface area (Å²) in [7, 11) is 1.54. The third-order valence-electron chi connectivity index (χ3n) is 5.84. The fourth-order valence-electron chi connectivity index (χ4n) is 4.59. The third kappa shape index (κ3) is 4.86. The van der Waals surface area contributed by atoms with Crippen LogP contribution in [0.2, 0.25) is 0 Å². The summed E-state index contributed by atoms with van der Waals surface area (Å²) < 4.78 is 19.3. The van der Waals surface area contributed by atoms with Crippen molar-refractivity contribution in [3.8, 4) is 0 Å². The Balaban J connectivity index is 1.73. The van der Waals surface area contributed by atoms with Crippen LogP contribution in [0.5, 0.6) is 0 Å². The third-order valence-corrected chi connectivity index (χ3v) is 5.84. The summed E-state index contributed by atoms with van der Waals surface area (Å²) in [6.45, 7) is 1.28. The van der Waals surface area contributed by atoms with Crippen molar-refractivity contribution < 1.29 is 19.0 Å². The molecule has 1 saturated carbocycles. The number of hydrogen-bond acceptors (Lipinski definition) is 4. The van der Waals surface area contributed by atoms with Crippen LogP contribution >= 0.6 is 0 Å². The number of carbonyl (C=O) groups is 1. The van der Waals surface area contributed by atoms with Crippen molar-refractivity contribution in [1.29, 1.82) is 0 Å². The Kier molecular flexibility index (Phi) is 7.21. The number of aliphatic hydroxyl groups is 1. The number of methoxy groups -OCH3 is 1. The van der Waals surface area contributed by atoms with E-state index >= 15 is 0 Å². The molecule has 27 heavy (non-hydrogen) atoms. The van der Waals surface area contributed by atoms with Crippen LogP contribution in [0.3, 0.4) is 0 Å². The van der Waals surface area contributed by atoms with Crippen molar-refractivity contribution in [3.63, 3.8) is 0 Å². The molecule has 0 spiro atoms. The average Bonchev–Trinajstić information content (AvgIpc) is 2.68. The van der Waals surface area contributed by atoms with E-state index in [4.69, 9.17) is 4.74 Å². The smallest absolute Gasteiger partial charge is 0.237 e. The fraction of sp³-hybridized carbons (Fsp3) is 0.667. The molecule has 1 heterocycles. The van der Waals surface area contributed by atoms with Crippen molar-refractivity contribution in [1.82, 2.24) is 10.2 Å². The summed E-state index contributed by atoms with van der Waals surface area (Å²) in [6.07, 6.45) is 5.70. The molecule has 0 bridgehead atoms. The molecule has 2 atom stereocenters. The van der Waals surface area contributed by atoms with E-state index in [1.807, 2.05) is 11.0 Å². The number of aliphatic hydroxyl groups excluding tert-OH is 1. The van der Waals surface area contributed by atoms with Gasteiger partial charge >= 0.3 is 0 Å². The number of carbonyl (C=O) groups excluding carboxylic acids is 1. The summed E-state index contributed by atoms with van der Waals surface area (Å²) in [5, 5.41) is 12.8. The first kappa shape index (κ1) is 20.2. The van der Waals surface area contributed by atoms with Crippen molar-refractivity contribution in [2.45, 2.75) is 50.7 Å². The highest BCUT2D eigenvalue weighted by Gasteiger charge is 2.37. The molecule has 150 valence electrons. The lowest BCUT2D eigenvalue weighted by molar-refractivity contribution is -0.135. The minimum absolute atomic E-state index is 0.0186. The molecule has 2 unspecified atom stereocenters. The molecule has 1 fully saturated rings. The number of rotatable bonds is 7. The topological polar surface area (TPSA) is 61.8 Å². The number of nitrogens with zero attached hydrogens (tertiary/aromatic N) is 1. The summed E-state index contributed by atoms with van der Waals surface area (Å²) in [4.78, 5) is 14.9. The molecule has 2 N–H and O–H groups in total. The average molecular weight is 378 g/mol. The highest BCUT2D eigenvalue weighted by Crippen LogP contribution is 2.42. The molecule has 0 saturated heterocycles. The standard InChI is InChI=1S/C21H31FN2O3/c1-27-14-16(25)12-23-13-20(26)24-11-10-17-18(8-5-9-19(17)22)21(24)15-6-3-2-4-7-15/h5,8-9,15-16,21,23,25H,2-4,6-7,10-14H2,1H3. The van der Waals surface area contributed by atoms with Gasteiger partial charge in [0, 0.05) is 20.2 Å². The van der Waals surface area contributed by atoms with Gasteiger partial charge in [0.05, 0.1) is 25.3 Å². The van der Waals surface area contributed by atoms with Gasteiger partial charge < -0.3 is 20.1 Å². The van der Waals surface area contributed by atoms with Crippen LogP contribution in [0.15, 0.2) is 18.2 Å². The molecule has 6 heteroatoms. The predicted octanol–water partition coefficient (Wildman–Crippen LogP) is 2.43. The molecule has 1 aromatic rings. The zero-order chi connectivity index (χ0) is 19.2. The van der Waals surface area contributed by atoms with Crippen molar-refractivity contribution >= 4 is 5.91 Å². The predicted molar refractivity (Wildman–Crippen MR) is 102 cm³/mol. The highest BCUT2D eigenvalue weighted by atomic mass is 19.1. The molecule has 3 rings (SSSR count). The van der Waals surface area contributed by atoms with Gasteiger partial charge in [0.25, 0.3) is 0 Å². The quantitative estimate of drug-likeness (QED) is 0.765. The van der Waals surface area contributed by atoms with Gasteiger partial charge in [0.15, 0.2) is 0 Å². The Labute approximate surface area is 160 Å². The Hall–Kier alpha value is -1.50. The Morgan fingerprint density at radius 3 is 2.89 bits per heavy atom. The Bertz CT molecular complexity index is 634. The van der Waals surface area contributed by atoms with Crippen molar-refractivity contribution in [2.75, 3.05) is 33.4 Å². The van der Waals surface area contributed by atoms with Crippen LogP contribution in [0.25, 0.3) is 0 Å². The number of amides is 1. The van der Waals surface area contributed by atoms with E-state index in [0.717, 1.165) is 24.0 Å². The van der Waals surface area contributed by atoms with Gasteiger partial charge in [-0.1, -0.05) is 31.4 Å². The second-order valence-electron chi connectivity index (χ2n) is 7.73. The molecule has 2 aliphatic rings. The molecule has 0 radical (unpaired) electrons. The van der Waals surface area contributed by atoms with Gasteiger partial charge in [-0.05, 0) is 42.4 Å². The zero-order valence-corrected chi connectivity index (χ0v) is 16.1. The van der Waals surface area contributed by atoms with E-state index in [9.17, 15) is 14.3 Å². The maximum absolute atomic E-state index is 14.3.